The number of carbonyl (C=O) groups is 1. The smallest absolute Gasteiger partial charge is 0.494 e. The summed E-state index contributed by atoms with van der Waals surface area (Å²) in [5.74, 6) is 0.813. The minimum absolute atomic E-state index is 0.0340. The predicted octanol–water partition coefficient (Wildman–Crippen LogP) is 5.72. The van der Waals surface area contributed by atoms with Crippen LogP contribution in [0.5, 0.6) is 11.6 Å². The zero-order chi connectivity index (χ0) is 30.0. The Bertz CT molecular complexity index is 1330. The fourth-order valence-electron chi connectivity index (χ4n) is 4.20. The fourth-order valence-corrected chi connectivity index (χ4v) is 4.20. The Balaban J connectivity index is 1.87. The van der Waals surface area contributed by atoms with Gasteiger partial charge in [-0.1, -0.05) is 12.2 Å². The highest BCUT2D eigenvalue weighted by Gasteiger charge is 2.30. The quantitative estimate of drug-likeness (QED) is 0.182. The number of ether oxygens (including phenoxy) is 3. The van der Waals surface area contributed by atoms with E-state index in [9.17, 15) is 18.0 Å². The molecule has 0 saturated heterocycles. The van der Waals surface area contributed by atoms with E-state index in [-0.39, 0.29) is 12.8 Å². The van der Waals surface area contributed by atoms with Gasteiger partial charge < -0.3 is 24.1 Å². The average molecular weight is 577 g/mol. The van der Waals surface area contributed by atoms with Gasteiger partial charge in [-0.25, -0.2) is 14.8 Å². The van der Waals surface area contributed by atoms with Crippen molar-refractivity contribution >= 4 is 11.7 Å². The predicted molar refractivity (Wildman–Crippen MR) is 148 cm³/mol. The Kier molecular flexibility index (Phi) is 11.1. The monoisotopic (exact) mass is 576 g/mol. The first-order valence-electron chi connectivity index (χ1n) is 13.1. The molecule has 41 heavy (non-hydrogen) atoms. The zero-order valence-electron chi connectivity index (χ0n) is 23.4. The van der Waals surface area contributed by atoms with Crippen LogP contribution >= 0.6 is 0 Å². The summed E-state index contributed by atoms with van der Waals surface area (Å²) in [6.07, 6.45) is 6.20. The Hall–Kier alpha value is -4.13. The molecule has 0 aromatic carbocycles. The molecule has 3 heterocycles. The van der Waals surface area contributed by atoms with Crippen molar-refractivity contribution in [3.05, 3.63) is 61.9 Å². The fraction of sp³-hybridized carbons (Fsp3) is 0.429. The van der Waals surface area contributed by atoms with Crippen molar-refractivity contribution < 1.29 is 32.2 Å². The lowest BCUT2D eigenvalue weighted by Crippen LogP contribution is -2.46. The highest BCUT2D eigenvalue weighted by atomic mass is 19.4. The third-order valence-corrected chi connectivity index (χ3v) is 6.30. The topological polar surface area (TPSA) is 103 Å². The van der Waals surface area contributed by atoms with Crippen LogP contribution in [0.25, 0.3) is 16.9 Å². The number of halogens is 3. The van der Waals surface area contributed by atoms with E-state index in [2.05, 4.69) is 38.2 Å². The number of pyridine rings is 1. The molecule has 0 aliphatic heterocycles. The van der Waals surface area contributed by atoms with Crippen LogP contribution in [0.1, 0.15) is 44.8 Å². The van der Waals surface area contributed by atoms with Gasteiger partial charge in [-0.2, -0.15) is 0 Å². The third kappa shape index (κ3) is 8.43. The lowest BCUT2D eigenvalue weighted by molar-refractivity contribution is -0.324. The first-order valence-corrected chi connectivity index (χ1v) is 13.1. The normalized spacial score (nSPS) is 12.9. The van der Waals surface area contributed by atoms with Gasteiger partial charge in [-0.3, -0.25) is 9.72 Å². The summed E-state index contributed by atoms with van der Waals surface area (Å²) in [7, 11) is 1.52. The van der Waals surface area contributed by atoms with Crippen molar-refractivity contribution in [3.8, 4) is 22.9 Å². The van der Waals surface area contributed by atoms with E-state index in [0.29, 0.717) is 53.8 Å². The first-order chi connectivity index (χ1) is 19.6. The third-order valence-electron chi connectivity index (χ3n) is 6.30. The Morgan fingerprint density at radius 3 is 2.68 bits per heavy atom. The van der Waals surface area contributed by atoms with Crippen molar-refractivity contribution in [2.24, 2.45) is 0 Å². The SMILES string of the molecule is C=CCCOc1nc(-c2cc([C@@H](C)N(CC)C(=O)NC(CC=C)CCOC(F)(F)F)ncc2OC)cn2ccnc12. The van der Waals surface area contributed by atoms with Gasteiger partial charge in [0.15, 0.2) is 0 Å². The Morgan fingerprint density at radius 1 is 1.24 bits per heavy atom. The number of imidazole rings is 1. The van der Waals surface area contributed by atoms with Gasteiger partial charge in [0.1, 0.15) is 5.75 Å². The van der Waals surface area contributed by atoms with E-state index in [1.165, 1.54) is 18.1 Å². The molecule has 3 aromatic heterocycles. The number of nitrogens with zero attached hydrogens (tertiary/aromatic N) is 5. The van der Waals surface area contributed by atoms with Gasteiger partial charge in [0.2, 0.25) is 5.65 Å². The highest BCUT2D eigenvalue weighted by molar-refractivity contribution is 5.75. The minimum atomic E-state index is -4.74. The maximum atomic E-state index is 13.2. The molecule has 0 aliphatic rings. The molecule has 0 aliphatic carbocycles. The Labute approximate surface area is 236 Å². The summed E-state index contributed by atoms with van der Waals surface area (Å²) in [6.45, 7) is 11.1. The maximum absolute atomic E-state index is 13.2. The molecule has 10 nitrogen and oxygen atoms in total. The van der Waals surface area contributed by atoms with Crippen molar-refractivity contribution in [1.29, 1.82) is 0 Å². The summed E-state index contributed by atoms with van der Waals surface area (Å²) in [5, 5.41) is 2.79. The molecule has 2 atom stereocenters. The second-order valence-electron chi connectivity index (χ2n) is 9.04. The second-order valence-corrected chi connectivity index (χ2v) is 9.04. The van der Waals surface area contributed by atoms with Gasteiger partial charge in [0, 0.05) is 36.7 Å². The van der Waals surface area contributed by atoms with Crippen molar-refractivity contribution in [1.82, 2.24) is 29.6 Å². The molecule has 0 saturated carbocycles. The number of methoxy groups -OCH3 is 1. The lowest BCUT2D eigenvalue weighted by Gasteiger charge is -2.30. The van der Waals surface area contributed by atoms with Crippen LogP contribution < -0.4 is 14.8 Å². The molecule has 2 amide bonds. The van der Waals surface area contributed by atoms with Crippen LogP contribution in [-0.2, 0) is 4.74 Å². The molecule has 222 valence electrons. The molecule has 0 bridgehead atoms. The van der Waals surface area contributed by atoms with Gasteiger partial charge in [0.05, 0.1) is 44.0 Å². The number of alkyl halides is 3. The summed E-state index contributed by atoms with van der Waals surface area (Å²) >= 11 is 0. The van der Waals surface area contributed by atoms with Gasteiger partial charge in [0.25, 0.3) is 5.88 Å². The Morgan fingerprint density at radius 2 is 2.02 bits per heavy atom. The van der Waals surface area contributed by atoms with Gasteiger partial charge >= 0.3 is 12.4 Å². The molecule has 13 heteroatoms. The summed E-state index contributed by atoms with van der Waals surface area (Å²) in [5.41, 5.74) is 2.28. The van der Waals surface area contributed by atoms with Crippen LogP contribution in [0.2, 0.25) is 0 Å². The second kappa shape index (κ2) is 14.5. The van der Waals surface area contributed by atoms with E-state index in [0.717, 1.165) is 0 Å². The van der Waals surface area contributed by atoms with Gasteiger partial charge in [-0.05, 0) is 39.2 Å². The number of fused-ring (bicyclic) bond motifs is 1. The molecule has 3 rings (SSSR count). The van der Waals surface area contributed by atoms with Crippen LogP contribution in [0.15, 0.2) is 56.2 Å². The molecule has 3 aromatic rings. The van der Waals surface area contributed by atoms with Crippen LogP contribution in [0.4, 0.5) is 18.0 Å². The van der Waals surface area contributed by atoms with Gasteiger partial charge in [-0.15, -0.1) is 26.3 Å². The van der Waals surface area contributed by atoms with Crippen molar-refractivity contribution in [3.63, 3.8) is 0 Å². The van der Waals surface area contributed by atoms with E-state index < -0.39 is 31.1 Å². The number of hydrogen-bond acceptors (Lipinski definition) is 7. The molecule has 0 radical (unpaired) electrons. The number of amides is 2. The number of hydrogen-bond donors (Lipinski definition) is 1. The molecule has 1 unspecified atom stereocenters. The molecule has 1 N–H and O–H groups in total. The molecule has 0 spiro atoms. The van der Waals surface area contributed by atoms with E-state index in [1.54, 1.807) is 48.3 Å². The van der Waals surface area contributed by atoms with Crippen LogP contribution in [0, 0.1) is 0 Å². The minimum Gasteiger partial charge on any atom is -0.494 e. The van der Waals surface area contributed by atoms with E-state index in [4.69, 9.17) is 9.47 Å². The van der Waals surface area contributed by atoms with Crippen LogP contribution in [0.3, 0.4) is 0 Å². The van der Waals surface area contributed by atoms with E-state index in [1.807, 2.05) is 6.92 Å². The average Bonchev–Trinajstić information content (AvgIpc) is 3.41. The standard InChI is InChI=1S/C28H35F3N6O4/c1-6-9-14-40-26-25-32-12-13-36(25)18-23(35-26)21-16-22(33-17-24(21)39-5)19(4)37(8-3)27(38)34-20(10-7-2)11-15-41-28(29,30)31/h6-7,12-13,16-20H,1-2,8-11,14-15H2,3-5H3,(H,34,38)/t19-,20?/m1/s1. The first kappa shape index (κ1) is 31.4. The van der Waals surface area contributed by atoms with Crippen molar-refractivity contribution in [2.45, 2.75) is 51.6 Å². The number of rotatable bonds is 15. The number of aromatic nitrogens is 4. The number of nitrogens with one attached hydrogen (secondary N) is 1. The maximum Gasteiger partial charge on any atom is 0.522 e. The zero-order valence-corrected chi connectivity index (χ0v) is 23.4. The summed E-state index contributed by atoms with van der Waals surface area (Å²) in [4.78, 5) is 28.3. The lowest BCUT2D eigenvalue weighted by atomic mass is 10.1. The van der Waals surface area contributed by atoms with E-state index >= 15 is 0 Å². The van der Waals surface area contributed by atoms with Crippen LogP contribution in [-0.4, -0.2) is 69.6 Å². The molecule has 0 fully saturated rings. The van der Waals surface area contributed by atoms with Crippen molar-refractivity contribution in [2.75, 3.05) is 26.9 Å². The highest BCUT2D eigenvalue weighted by Crippen LogP contribution is 2.33. The summed E-state index contributed by atoms with van der Waals surface area (Å²) in [6, 6.07) is 0.249. The number of carbonyl (C=O) groups excluding carboxylic acids is 1. The summed E-state index contributed by atoms with van der Waals surface area (Å²) < 4.78 is 54.4. The largest absolute Gasteiger partial charge is 0.522 e. The number of urea groups is 1. The molecular weight excluding hydrogens is 541 g/mol. The molecular formula is C28H35F3N6O4.